The topological polar surface area (TPSA) is 64.0 Å². The highest BCUT2D eigenvalue weighted by Crippen LogP contribution is 2.34. The van der Waals surface area contributed by atoms with Crippen molar-refractivity contribution in [2.75, 3.05) is 0 Å². The molecule has 0 amide bonds. The molecule has 3 aromatic rings. The fraction of sp³-hybridized carbons (Fsp3) is 0.250. The Morgan fingerprint density at radius 2 is 1.93 bits per heavy atom. The molecule has 146 valence electrons. The second kappa shape index (κ2) is 7.27. The van der Waals surface area contributed by atoms with Crippen molar-refractivity contribution in [2.24, 2.45) is 0 Å². The van der Waals surface area contributed by atoms with Crippen LogP contribution in [0.1, 0.15) is 29.3 Å². The largest absolute Gasteiger partial charge is 0.250 e. The molecule has 1 aromatic carbocycles. The molecule has 28 heavy (non-hydrogen) atoms. The van der Waals surface area contributed by atoms with E-state index in [0.29, 0.717) is 10.6 Å². The molecule has 0 saturated heterocycles. The van der Waals surface area contributed by atoms with Crippen molar-refractivity contribution >= 4 is 21.4 Å². The molecular formula is C20H20FN3O2S2. The molecule has 8 heteroatoms. The Kier molecular flexibility index (Phi) is 4.95. The quantitative estimate of drug-likeness (QED) is 0.636. The van der Waals surface area contributed by atoms with Crippen LogP contribution in [-0.4, -0.2) is 24.2 Å². The zero-order valence-corrected chi connectivity index (χ0v) is 17.1. The summed E-state index contributed by atoms with van der Waals surface area (Å²) in [6.07, 6.45) is 4.58. The summed E-state index contributed by atoms with van der Waals surface area (Å²) in [5, 5.41) is 6.37. The number of sulfonamides is 1. The van der Waals surface area contributed by atoms with Gasteiger partial charge in [-0.2, -0.15) is 5.10 Å². The summed E-state index contributed by atoms with van der Waals surface area (Å²) in [4.78, 5) is 0. The number of nitrogens with one attached hydrogen (secondary N) is 1. The maximum Gasteiger partial charge on any atom is 0.250 e. The van der Waals surface area contributed by atoms with Gasteiger partial charge in [-0.05, 0) is 56.0 Å². The second-order valence-corrected chi connectivity index (χ2v) is 9.75. The average Bonchev–Trinajstić information content (AvgIpc) is 3.37. The lowest BCUT2D eigenvalue weighted by molar-refractivity contribution is 0.565. The molecular weight excluding hydrogens is 397 g/mol. The lowest BCUT2D eigenvalue weighted by Crippen LogP contribution is -2.32. The number of hydrogen-bond donors (Lipinski definition) is 1. The Balaban J connectivity index is 1.55. The summed E-state index contributed by atoms with van der Waals surface area (Å²) in [6.45, 7) is 3.93. The van der Waals surface area contributed by atoms with Crippen molar-refractivity contribution in [1.82, 2.24) is 14.5 Å². The van der Waals surface area contributed by atoms with E-state index in [4.69, 9.17) is 0 Å². The predicted octanol–water partition coefficient (Wildman–Crippen LogP) is 4.08. The summed E-state index contributed by atoms with van der Waals surface area (Å²) in [6, 6.07) is 9.28. The smallest absolute Gasteiger partial charge is 0.238 e. The van der Waals surface area contributed by atoms with Gasteiger partial charge in [0.15, 0.2) is 0 Å². The Labute approximate surface area is 167 Å². The summed E-state index contributed by atoms with van der Waals surface area (Å²) >= 11 is 1.20. The maximum absolute atomic E-state index is 13.2. The molecule has 1 N–H and O–H groups in total. The standard InChI is InChI=1S/C20H20FN3O2S2/c1-13-20(14(2)24(22-13)18-9-6-16(21)7-10-18)15-5-8-17(12-15)23-28(25,26)19-4-3-11-27-19/h3-11,15,17,23H,12H2,1-2H3/t15-,17+/m0/s1. The van der Waals surface area contributed by atoms with Crippen LogP contribution >= 0.6 is 11.3 Å². The number of nitrogens with zero attached hydrogens (tertiary/aromatic N) is 2. The number of thiophene rings is 1. The van der Waals surface area contributed by atoms with Gasteiger partial charge in [0.05, 0.1) is 11.4 Å². The van der Waals surface area contributed by atoms with Gasteiger partial charge in [-0.3, -0.25) is 0 Å². The summed E-state index contributed by atoms with van der Waals surface area (Å²) in [7, 11) is -3.51. The molecule has 0 spiro atoms. The van der Waals surface area contributed by atoms with E-state index in [2.05, 4.69) is 9.82 Å². The predicted molar refractivity (Wildman–Crippen MR) is 108 cm³/mol. The van der Waals surface area contributed by atoms with Crippen molar-refractivity contribution in [3.8, 4) is 5.69 Å². The van der Waals surface area contributed by atoms with E-state index in [0.717, 1.165) is 22.6 Å². The Bertz CT molecular complexity index is 1120. The molecule has 1 aliphatic rings. The first kappa shape index (κ1) is 19.0. The molecule has 2 heterocycles. The summed E-state index contributed by atoms with van der Waals surface area (Å²) < 4.78 is 43.0. The van der Waals surface area contributed by atoms with Crippen molar-refractivity contribution in [3.63, 3.8) is 0 Å². The maximum atomic E-state index is 13.2. The van der Waals surface area contributed by atoms with Gasteiger partial charge in [0, 0.05) is 23.2 Å². The monoisotopic (exact) mass is 417 g/mol. The molecule has 0 saturated carbocycles. The van der Waals surface area contributed by atoms with Crippen molar-refractivity contribution in [1.29, 1.82) is 0 Å². The highest BCUT2D eigenvalue weighted by molar-refractivity contribution is 7.91. The molecule has 5 nitrogen and oxygen atoms in total. The van der Waals surface area contributed by atoms with Gasteiger partial charge in [-0.15, -0.1) is 11.3 Å². The van der Waals surface area contributed by atoms with Gasteiger partial charge in [0.25, 0.3) is 10.0 Å². The van der Waals surface area contributed by atoms with E-state index < -0.39 is 10.0 Å². The third-order valence-electron chi connectivity index (χ3n) is 4.94. The number of benzene rings is 1. The average molecular weight is 418 g/mol. The second-order valence-electron chi connectivity index (χ2n) is 6.86. The Morgan fingerprint density at radius 1 is 1.18 bits per heavy atom. The molecule has 2 aromatic heterocycles. The Morgan fingerprint density at radius 3 is 2.61 bits per heavy atom. The molecule has 1 aliphatic carbocycles. The number of hydrogen-bond acceptors (Lipinski definition) is 4. The first-order chi connectivity index (χ1) is 13.3. The third-order valence-corrected chi connectivity index (χ3v) is 7.83. The van der Waals surface area contributed by atoms with Gasteiger partial charge in [-0.25, -0.2) is 22.2 Å². The molecule has 2 atom stereocenters. The normalized spacial score (nSPS) is 19.4. The fourth-order valence-electron chi connectivity index (χ4n) is 3.70. The van der Waals surface area contributed by atoms with Crippen molar-refractivity contribution < 1.29 is 12.8 Å². The van der Waals surface area contributed by atoms with E-state index in [1.165, 1.54) is 23.5 Å². The fourth-order valence-corrected chi connectivity index (χ4v) is 5.91. The zero-order chi connectivity index (χ0) is 19.9. The minimum Gasteiger partial charge on any atom is -0.238 e. The molecule has 0 radical (unpaired) electrons. The Hall–Kier alpha value is -2.29. The van der Waals surface area contributed by atoms with Crippen molar-refractivity contribution in [3.05, 3.63) is 76.7 Å². The third kappa shape index (κ3) is 3.55. The molecule has 0 bridgehead atoms. The number of halogens is 1. The van der Waals surface area contributed by atoms with Gasteiger partial charge in [-0.1, -0.05) is 18.2 Å². The van der Waals surface area contributed by atoms with Gasteiger partial charge in [0.2, 0.25) is 0 Å². The van der Waals surface area contributed by atoms with Gasteiger partial charge >= 0.3 is 0 Å². The minimum atomic E-state index is -3.51. The lowest BCUT2D eigenvalue weighted by atomic mass is 9.96. The number of allylic oxidation sites excluding steroid dienone is 1. The van der Waals surface area contributed by atoms with Crippen LogP contribution in [0.4, 0.5) is 4.39 Å². The zero-order valence-electron chi connectivity index (χ0n) is 15.5. The van der Waals surface area contributed by atoms with Crippen LogP contribution in [0, 0.1) is 19.7 Å². The van der Waals surface area contributed by atoms with E-state index in [1.807, 2.05) is 26.0 Å². The SMILES string of the molecule is Cc1nn(-c2ccc(F)cc2)c(C)c1[C@H]1C=C[C@@H](NS(=O)(=O)c2cccs2)C1. The van der Waals surface area contributed by atoms with Crippen LogP contribution in [0.5, 0.6) is 0 Å². The number of aromatic nitrogens is 2. The number of rotatable bonds is 5. The van der Waals surface area contributed by atoms with Crippen LogP contribution in [0.15, 0.2) is 58.1 Å². The molecule has 0 aliphatic heterocycles. The van der Waals surface area contributed by atoms with Gasteiger partial charge < -0.3 is 0 Å². The van der Waals surface area contributed by atoms with Crippen LogP contribution in [0.25, 0.3) is 5.69 Å². The van der Waals surface area contributed by atoms with Crippen molar-refractivity contribution in [2.45, 2.75) is 36.4 Å². The van der Waals surface area contributed by atoms with E-state index >= 15 is 0 Å². The summed E-state index contributed by atoms with van der Waals surface area (Å²) in [5.74, 6) is -0.213. The minimum absolute atomic E-state index is 0.0743. The van der Waals surface area contributed by atoms with Crippen LogP contribution in [0.2, 0.25) is 0 Å². The van der Waals surface area contributed by atoms with E-state index in [-0.39, 0.29) is 17.8 Å². The van der Waals surface area contributed by atoms with Gasteiger partial charge in [0.1, 0.15) is 10.0 Å². The molecule has 4 rings (SSSR count). The molecule has 0 fully saturated rings. The molecule has 0 unspecified atom stereocenters. The lowest BCUT2D eigenvalue weighted by Gasteiger charge is -2.14. The summed E-state index contributed by atoms with van der Waals surface area (Å²) in [5.41, 5.74) is 3.74. The first-order valence-electron chi connectivity index (χ1n) is 8.91. The first-order valence-corrected chi connectivity index (χ1v) is 11.3. The highest BCUT2D eigenvalue weighted by atomic mass is 32.2. The van der Waals surface area contributed by atoms with Crippen LogP contribution in [-0.2, 0) is 10.0 Å². The van der Waals surface area contributed by atoms with E-state index in [9.17, 15) is 12.8 Å². The van der Waals surface area contributed by atoms with Crippen LogP contribution in [0.3, 0.4) is 0 Å². The highest BCUT2D eigenvalue weighted by Gasteiger charge is 2.29. The number of aryl methyl sites for hydroxylation is 1. The van der Waals surface area contributed by atoms with E-state index in [1.54, 1.807) is 34.3 Å². The van der Waals surface area contributed by atoms with Crippen LogP contribution < -0.4 is 4.72 Å².